The molecule has 0 bridgehead atoms. The van der Waals surface area contributed by atoms with Crippen LogP contribution in [0, 0.1) is 10.1 Å². The van der Waals surface area contributed by atoms with Gasteiger partial charge in [-0.1, -0.05) is 0 Å². The Morgan fingerprint density at radius 1 is 1.38 bits per heavy atom. The Kier molecular flexibility index (Phi) is 2.84. The van der Waals surface area contributed by atoms with Gasteiger partial charge in [0.2, 0.25) is 0 Å². The van der Waals surface area contributed by atoms with Crippen LogP contribution in [0.2, 0.25) is 0 Å². The lowest BCUT2D eigenvalue weighted by Gasteiger charge is -2.10. The van der Waals surface area contributed by atoms with E-state index in [2.05, 4.69) is 0 Å². The van der Waals surface area contributed by atoms with E-state index in [9.17, 15) is 28.1 Å². The van der Waals surface area contributed by atoms with E-state index < -0.39 is 33.6 Å². The summed E-state index contributed by atoms with van der Waals surface area (Å²) in [4.78, 5) is 19.7. The summed E-state index contributed by atoms with van der Waals surface area (Å²) in [6, 6.07) is 1.16. The smallest absolute Gasteiger partial charge is 0.393 e. The summed E-state index contributed by atoms with van der Waals surface area (Å²) in [5.41, 5.74) is 1.25. The Balaban J connectivity index is 3.56. The number of anilines is 1. The lowest BCUT2D eigenvalue weighted by Crippen LogP contribution is -2.11. The van der Waals surface area contributed by atoms with E-state index in [0.717, 1.165) is 0 Å². The lowest BCUT2D eigenvalue weighted by atomic mass is 10.1. The molecule has 86 valence electrons. The number of hydrogen-bond donors (Lipinski definition) is 1. The number of carbonyl (C=O) groups excluding carboxylic acids is 1. The van der Waals surface area contributed by atoms with E-state index in [4.69, 9.17) is 5.73 Å². The number of carbonyl (C=O) groups is 1. The largest absolute Gasteiger partial charge is 0.418 e. The van der Waals surface area contributed by atoms with Gasteiger partial charge in [-0.2, -0.15) is 13.2 Å². The Morgan fingerprint density at radius 2 is 1.94 bits per heavy atom. The van der Waals surface area contributed by atoms with Crippen molar-refractivity contribution in [1.29, 1.82) is 0 Å². The van der Waals surface area contributed by atoms with E-state index in [-0.39, 0.29) is 6.29 Å². The molecule has 0 aliphatic rings. The molecule has 1 rings (SSSR count). The quantitative estimate of drug-likeness (QED) is 0.367. The maximum absolute atomic E-state index is 12.4. The first-order valence-corrected chi connectivity index (χ1v) is 3.87. The molecular formula is C8H5F3N2O3. The predicted octanol–water partition coefficient (Wildman–Crippen LogP) is 2.01. The summed E-state index contributed by atoms with van der Waals surface area (Å²) >= 11 is 0. The summed E-state index contributed by atoms with van der Waals surface area (Å²) in [5.74, 6) is 0. The number of nitro benzene ring substituents is 1. The molecule has 0 aliphatic heterocycles. The highest BCUT2D eigenvalue weighted by molar-refractivity contribution is 5.80. The van der Waals surface area contributed by atoms with E-state index in [1.165, 1.54) is 0 Å². The van der Waals surface area contributed by atoms with Crippen molar-refractivity contribution in [3.63, 3.8) is 0 Å². The van der Waals surface area contributed by atoms with Gasteiger partial charge in [-0.05, 0) is 6.07 Å². The lowest BCUT2D eigenvalue weighted by molar-refractivity contribution is -0.384. The molecule has 1 aromatic rings. The number of nitrogens with zero attached hydrogens (tertiary/aromatic N) is 1. The highest BCUT2D eigenvalue weighted by Gasteiger charge is 2.36. The zero-order chi connectivity index (χ0) is 12.5. The van der Waals surface area contributed by atoms with E-state index in [1.807, 2.05) is 0 Å². The number of nitrogens with two attached hydrogens (primary N) is 1. The van der Waals surface area contributed by atoms with Crippen molar-refractivity contribution >= 4 is 17.7 Å². The number of nitrogen functional groups attached to an aromatic ring is 1. The van der Waals surface area contributed by atoms with Crippen molar-refractivity contribution in [2.75, 3.05) is 5.73 Å². The summed E-state index contributed by atoms with van der Waals surface area (Å²) in [6.45, 7) is 0. The van der Waals surface area contributed by atoms with Crippen LogP contribution < -0.4 is 5.73 Å². The van der Waals surface area contributed by atoms with Crippen LogP contribution in [0.1, 0.15) is 15.9 Å². The van der Waals surface area contributed by atoms with Gasteiger partial charge >= 0.3 is 6.18 Å². The van der Waals surface area contributed by atoms with E-state index in [1.54, 1.807) is 0 Å². The standard InChI is InChI=1S/C8H5F3N2O3/c9-8(10,11)5-1-4(3-14)2-6(7(5)12)13(15)16/h1-3H,12H2. The molecule has 0 amide bonds. The maximum Gasteiger partial charge on any atom is 0.418 e. The molecule has 5 nitrogen and oxygen atoms in total. The second kappa shape index (κ2) is 3.80. The van der Waals surface area contributed by atoms with Gasteiger partial charge in [0.15, 0.2) is 0 Å². The molecule has 0 unspecified atom stereocenters. The van der Waals surface area contributed by atoms with Crippen LogP contribution in [0.25, 0.3) is 0 Å². The second-order valence-electron chi connectivity index (χ2n) is 2.87. The zero-order valence-corrected chi connectivity index (χ0v) is 7.62. The maximum atomic E-state index is 12.4. The minimum atomic E-state index is -4.84. The van der Waals surface area contributed by atoms with Crippen LogP contribution >= 0.6 is 0 Å². The first-order valence-electron chi connectivity index (χ1n) is 3.87. The number of benzene rings is 1. The number of halogens is 3. The van der Waals surface area contributed by atoms with Crippen molar-refractivity contribution in [2.24, 2.45) is 0 Å². The SMILES string of the molecule is Nc1c([N+](=O)[O-])cc(C=O)cc1C(F)(F)F. The van der Waals surface area contributed by atoms with Gasteiger partial charge in [-0.15, -0.1) is 0 Å². The van der Waals surface area contributed by atoms with Gasteiger partial charge in [0.1, 0.15) is 12.0 Å². The topological polar surface area (TPSA) is 86.2 Å². The molecule has 0 spiro atoms. The first kappa shape index (κ1) is 12.0. The first-order chi connectivity index (χ1) is 7.27. The fraction of sp³-hybridized carbons (Fsp3) is 0.125. The predicted molar refractivity (Wildman–Crippen MR) is 47.9 cm³/mol. The summed E-state index contributed by atoms with van der Waals surface area (Å²) < 4.78 is 37.2. The Labute approximate surface area is 86.8 Å². The molecule has 16 heavy (non-hydrogen) atoms. The number of alkyl halides is 3. The van der Waals surface area contributed by atoms with Crippen LogP contribution in [0.4, 0.5) is 24.5 Å². The zero-order valence-electron chi connectivity index (χ0n) is 7.62. The minimum absolute atomic E-state index is 0.0850. The van der Waals surface area contributed by atoms with Crippen LogP contribution in [0.15, 0.2) is 12.1 Å². The van der Waals surface area contributed by atoms with Gasteiger partial charge in [0.25, 0.3) is 5.69 Å². The number of rotatable bonds is 2. The third kappa shape index (κ3) is 2.10. The molecule has 1 aromatic carbocycles. The molecule has 0 aliphatic carbocycles. The average Bonchev–Trinajstić information content (AvgIpc) is 2.15. The number of aldehydes is 1. The Bertz CT molecular complexity index is 457. The summed E-state index contributed by atoms with van der Waals surface area (Å²) in [5, 5.41) is 10.4. The molecule has 0 atom stereocenters. The molecule has 0 saturated carbocycles. The minimum Gasteiger partial charge on any atom is -0.393 e. The molecular weight excluding hydrogens is 229 g/mol. The summed E-state index contributed by atoms with van der Waals surface area (Å²) in [6.07, 6.45) is -4.75. The van der Waals surface area contributed by atoms with Crippen molar-refractivity contribution in [1.82, 2.24) is 0 Å². The van der Waals surface area contributed by atoms with Gasteiger partial charge in [-0.25, -0.2) is 0 Å². The van der Waals surface area contributed by atoms with Crippen molar-refractivity contribution in [3.05, 3.63) is 33.4 Å². The van der Waals surface area contributed by atoms with Crippen molar-refractivity contribution in [2.45, 2.75) is 6.18 Å². The molecule has 2 N–H and O–H groups in total. The highest BCUT2D eigenvalue weighted by Crippen LogP contribution is 2.38. The highest BCUT2D eigenvalue weighted by atomic mass is 19.4. The molecule has 0 saturated heterocycles. The van der Waals surface area contributed by atoms with Crippen LogP contribution in [0.3, 0.4) is 0 Å². The van der Waals surface area contributed by atoms with Gasteiger partial charge in [0.05, 0.1) is 10.5 Å². The molecule has 0 heterocycles. The van der Waals surface area contributed by atoms with Gasteiger partial charge < -0.3 is 5.73 Å². The van der Waals surface area contributed by atoms with Crippen molar-refractivity contribution in [3.8, 4) is 0 Å². The van der Waals surface area contributed by atoms with Crippen LogP contribution in [0.5, 0.6) is 0 Å². The molecule has 0 aromatic heterocycles. The van der Waals surface area contributed by atoms with Crippen LogP contribution in [-0.2, 0) is 6.18 Å². The molecule has 8 heteroatoms. The summed E-state index contributed by atoms with van der Waals surface area (Å²) in [7, 11) is 0. The van der Waals surface area contributed by atoms with Gasteiger partial charge in [0, 0.05) is 11.6 Å². The third-order valence-electron chi connectivity index (χ3n) is 1.82. The molecule has 0 radical (unpaired) electrons. The van der Waals surface area contributed by atoms with Crippen LogP contribution in [-0.4, -0.2) is 11.2 Å². The number of hydrogen-bond acceptors (Lipinski definition) is 4. The Hall–Kier alpha value is -2.12. The van der Waals surface area contributed by atoms with Crippen molar-refractivity contribution < 1.29 is 22.9 Å². The fourth-order valence-corrected chi connectivity index (χ4v) is 1.11. The second-order valence-corrected chi connectivity index (χ2v) is 2.87. The monoisotopic (exact) mass is 234 g/mol. The average molecular weight is 234 g/mol. The third-order valence-corrected chi connectivity index (χ3v) is 1.82. The van der Waals surface area contributed by atoms with Gasteiger partial charge in [-0.3, -0.25) is 14.9 Å². The van der Waals surface area contributed by atoms with E-state index >= 15 is 0 Å². The normalized spacial score (nSPS) is 11.2. The Morgan fingerprint density at radius 3 is 2.31 bits per heavy atom. The molecule has 0 fully saturated rings. The van der Waals surface area contributed by atoms with E-state index in [0.29, 0.717) is 12.1 Å². The number of nitro groups is 1. The fourth-order valence-electron chi connectivity index (χ4n) is 1.11.